The van der Waals surface area contributed by atoms with Gasteiger partial charge in [-0.3, -0.25) is 0 Å². The van der Waals surface area contributed by atoms with Crippen LogP contribution in [0.25, 0.3) is 0 Å². The molecule has 8 heteroatoms. The Balaban J connectivity index is 3.29. The third-order valence-electron chi connectivity index (χ3n) is 3.02. The molecule has 0 heterocycles. The summed E-state index contributed by atoms with van der Waals surface area (Å²) in [6.45, 7) is 1.83. The second-order valence-corrected chi connectivity index (χ2v) is 7.90. The molecule has 0 saturated carbocycles. The molecule has 2 N–H and O–H groups in total. The average Bonchev–Trinajstić information content (AvgIpc) is 2.45. The Labute approximate surface area is 134 Å². The van der Waals surface area contributed by atoms with Crippen LogP contribution >= 0.6 is 23.4 Å². The molecule has 1 atom stereocenters. The summed E-state index contributed by atoms with van der Waals surface area (Å²) in [6.07, 6.45) is 1.74. The summed E-state index contributed by atoms with van der Waals surface area (Å²) in [7, 11) is -4.08. The van der Waals surface area contributed by atoms with E-state index in [-0.39, 0.29) is 11.3 Å². The molecule has 0 saturated heterocycles. The van der Waals surface area contributed by atoms with Crippen molar-refractivity contribution in [3.8, 4) is 0 Å². The Kier molecular flexibility index (Phi) is 6.52. The van der Waals surface area contributed by atoms with Gasteiger partial charge in [-0.25, -0.2) is 13.2 Å². The molecule has 0 spiro atoms. The number of hydrogen-bond acceptors (Lipinski definition) is 6. The fourth-order valence-electron chi connectivity index (χ4n) is 1.70. The van der Waals surface area contributed by atoms with Crippen LogP contribution in [-0.2, 0) is 19.4 Å². The van der Waals surface area contributed by atoms with E-state index in [1.807, 2.05) is 6.92 Å². The first-order chi connectivity index (χ1) is 9.79. The van der Waals surface area contributed by atoms with Crippen LogP contribution in [0.15, 0.2) is 29.2 Å². The second kappa shape index (κ2) is 7.49. The fourth-order valence-corrected chi connectivity index (χ4v) is 4.02. The molecule has 0 aromatic heterocycles. The number of sulfone groups is 1. The normalized spacial score (nSPS) is 14.5. The Morgan fingerprint density at radius 1 is 1.38 bits per heavy atom. The van der Waals surface area contributed by atoms with E-state index < -0.39 is 26.7 Å². The number of benzene rings is 1. The van der Waals surface area contributed by atoms with E-state index in [4.69, 9.17) is 17.3 Å². The first-order valence-corrected chi connectivity index (χ1v) is 9.53. The number of nitrogens with two attached hydrogens (primary N) is 1. The summed E-state index contributed by atoms with van der Waals surface area (Å²) < 4.78 is 30.1. The number of ether oxygens (including phenoxy) is 1. The van der Waals surface area contributed by atoms with E-state index in [1.54, 1.807) is 18.4 Å². The van der Waals surface area contributed by atoms with Crippen LogP contribution in [0.1, 0.15) is 12.0 Å². The quantitative estimate of drug-likeness (QED) is 0.596. The smallest absolute Gasteiger partial charge is 0.343 e. The molecule has 0 radical (unpaired) electrons. The minimum Gasteiger partial charge on any atom is -0.447 e. The number of halogens is 1. The summed E-state index contributed by atoms with van der Waals surface area (Å²) in [4.78, 5) is 9.89. The van der Waals surface area contributed by atoms with Gasteiger partial charge < -0.3 is 10.5 Å². The zero-order valence-electron chi connectivity index (χ0n) is 11.8. The lowest BCUT2D eigenvalue weighted by molar-refractivity contribution is -0.144. The van der Waals surface area contributed by atoms with Crippen molar-refractivity contribution in [2.75, 3.05) is 18.1 Å². The summed E-state index contributed by atoms with van der Waals surface area (Å²) in [5, 5.41) is 0. The third-order valence-corrected chi connectivity index (χ3v) is 5.96. The molecule has 5 nitrogen and oxygen atoms in total. The number of esters is 1. The van der Waals surface area contributed by atoms with Gasteiger partial charge in [0.05, 0.1) is 4.90 Å². The first kappa shape index (κ1) is 18.3. The number of carbonyl (C=O) groups excluding carboxylic acids is 1. The van der Waals surface area contributed by atoms with Crippen molar-refractivity contribution < 1.29 is 17.9 Å². The summed E-state index contributed by atoms with van der Waals surface area (Å²) in [5.74, 6) is -0.633. The Bertz CT molecular complexity index is 589. The zero-order valence-corrected chi connectivity index (χ0v) is 14.2. The molecule has 0 aliphatic rings. The lowest BCUT2D eigenvalue weighted by Crippen LogP contribution is -2.55. The summed E-state index contributed by atoms with van der Waals surface area (Å²) in [5.41, 5.74) is 6.83. The van der Waals surface area contributed by atoms with E-state index in [1.165, 1.54) is 23.9 Å². The number of hydrogen-bond donors (Lipinski definition) is 1. The minimum absolute atomic E-state index is 0.0109. The van der Waals surface area contributed by atoms with Crippen molar-refractivity contribution in [3.63, 3.8) is 0 Å². The van der Waals surface area contributed by atoms with Gasteiger partial charge in [-0.15, -0.1) is 0 Å². The highest BCUT2D eigenvalue weighted by Gasteiger charge is 2.49. The molecule has 21 heavy (non-hydrogen) atoms. The van der Waals surface area contributed by atoms with Gasteiger partial charge in [0.2, 0.25) is 14.7 Å². The minimum atomic E-state index is -4.08. The van der Waals surface area contributed by atoms with Gasteiger partial charge >= 0.3 is 5.97 Å². The number of thioether (sulfide) groups is 1. The zero-order chi connectivity index (χ0) is 16.1. The average molecular weight is 352 g/mol. The second-order valence-electron chi connectivity index (χ2n) is 4.49. The lowest BCUT2D eigenvalue weighted by Gasteiger charge is -2.26. The van der Waals surface area contributed by atoms with Crippen LogP contribution in [0.3, 0.4) is 0 Å². The monoisotopic (exact) mass is 351 g/mol. The number of aryl methyl sites for hydroxylation is 1. The first-order valence-electron chi connectivity index (χ1n) is 6.12. The van der Waals surface area contributed by atoms with Gasteiger partial charge in [0.1, 0.15) is 0 Å². The van der Waals surface area contributed by atoms with Gasteiger partial charge in [-0.05, 0) is 31.1 Å². The fraction of sp³-hybridized carbons (Fsp3) is 0.462. The molecular weight excluding hydrogens is 334 g/mol. The van der Waals surface area contributed by atoms with E-state index in [2.05, 4.69) is 4.74 Å². The van der Waals surface area contributed by atoms with Gasteiger partial charge in [0.25, 0.3) is 0 Å². The lowest BCUT2D eigenvalue weighted by atomic mass is 10.2. The maximum absolute atomic E-state index is 12.7. The third kappa shape index (κ3) is 3.91. The van der Waals surface area contributed by atoms with Crippen LogP contribution in [0.2, 0.25) is 0 Å². The van der Waals surface area contributed by atoms with E-state index in [0.29, 0.717) is 5.75 Å². The molecule has 1 aromatic rings. The van der Waals surface area contributed by atoms with Crippen molar-refractivity contribution in [3.05, 3.63) is 29.8 Å². The molecule has 1 aromatic carbocycles. The molecule has 0 bridgehead atoms. The van der Waals surface area contributed by atoms with Crippen LogP contribution in [0.4, 0.5) is 0 Å². The van der Waals surface area contributed by atoms with Gasteiger partial charge in [-0.1, -0.05) is 29.3 Å². The summed E-state index contributed by atoms with van der Waals surface area (Å²) in [6, 6.07) is 5.71. The van der Waals surface area contributed by atoms with Crippen LogP contribution in [0, 0.1) is 6.92 Å². The van der Waals surface area contributed by atoms with E-state index in [9.17, 15) is 13.2 Å². The molecule has 0 fully saturated rings. The van der Waals surface area contributed by atoms with Gasteiger partial charge in [0, 0.05) is 6.42 Å². The number of carbonyl (C=O) groups is 1. The maximum Gasteiger partial charge on any atom is 0.343 e. The van der Waals surface area contributed by atoms with Gasteiger partial charge in [-0.2, -0.15) is 11.8 Å². The molecule has 118 valence electrons. The van der Waals surface area contributed by atoms with Crippen molar-refractivity contribution in [1.82, 2.24) is 0 Å². The van der Waals surface area contributed by atoms with Crippen molar-refractivity contribution >= 4 is 39.2 Å². The van der Waals surface area contributed by atoms with Crippen LogP contribution in [-0.4, -0.2) is 37.3 Å². The highest BCUT2D eigenvalue weighted by Crippen LogP contribution is 2.27. The highest BCUT2D eigenvalue weighted by molar-refractivity contribution is 7.98. The summed E-state index contributed by atoms with van der Waals surface area (Å²) >= 11 is 6.75. The molecule has 0 aliphatic carbocycles. The van der Waals surface area contributed by atoms with E-state index >= 15 is 0 Å². The van der Waals surface area contributed by atoms with Gasteiger partial charge in [0.15, 0.2) is 6.07 Å². The predicted octanol–water partition coefficient (Wildman–Crippen LogP) is 1.92. The Morgan fingerprint density at radius 3 is 2.43 bits per heavy atom. The SMILES string of the molecule is CSCC[C@](N)(C(=O)OCCl)S(=O)(=O)c1ccc(C)cc1. The molecule has 0 unspecified atom stereocenters. The highest BCUT2D eigenvalue weighted by atomic mass is 35.5. The standard InChI is InChI=1S/C13H18ClNO4S2/c1-10-3-5-11(6-4-10)21(17,18)13(15,7-8-20-2)12(16)19-9-14/h3-6H,7-9,15H2,1-2H3/t13-/m1/s1. The number of alkyl halides is 1. The maximum atomic E-state index is 12.7. The van der Waals surface area contributed by atoms with E-state index in [0.717, 1.165) is 5.56 Å². The Hall–Kier alpha value is -0.760. The van der Waals surface area contributed by atoms with Crippen molar-refractivity contribution in [2.24, 2.45) is 5.73 Å². The molecule has 1 rings (SSSR count). The molecule has 0 aliphatic heterocycles. The topological polar surface area (TPSA) is 86.5 Å². The van der Waals surface area contributed by atoms with Crippen LogP contribution in [0.5, 0.6) is 0 Å². The number of rotatable bonds is 7. The van der Waals surface area contributed by atoms with Crippen molar-refractivity contribution in [1.29, 1.82) is 0 Å². The van der Waals surface area contributed by atoms with Crippen molar-refractivity contribution in [2.45, 2.75) is 23.1 Å². The predicted molar refractivity (Wildman–Crippen MR) is 85.1 cm³/mol. The molecule has 0 amide bonds. The van der Waals surface area contributed by atoms with Crippen LogP contribution < -0.4 is 5.73 Å². The largest absolute Gasteiger partial charge is 0.447 e. The molecular formula is C13H18ClNO4S2. The Morgan fingerprint density at radius 2 is 1.95 bits per heavy atom.